The van der Waals surface area contributed by atoms with Crippen LogP contribution in [0.1, 0.15) is 17.7 Å². The zero-order valence-electron chi connectivity index (χ0n) is 16.2. The molecule has 0 aromatic carbocycles. The van der Waals surface area contributed by atoms with E-state index in [1.165, 1.54) is 17.6 Å². The number of hydrogen-bond acceptors (Lipinski definition) is 7. The molecule has 0 N–H and O–H groups in total. The zero-order chi connectivity index (χ0) is 20.6. The first-order chi connectivity index (χ1) is 13.9. The molecule has 8 nitrogen and oxygen atoms in total. The molecule has 0 radical (unpaired) electrons. The molecule has 0 atom stereocenters. The number of halogens is 1. The average molecular weight is 456 g/mol. The molecule has 156 valence electrons. The van der Waals surface area contributed by atoms with E-state index in [0.717, 1.165) is 29.1 Å². The van der Waals surface area contributed by atoms with Crippen LogP contribution in [-0.2, 0) is 23.6 Å². The van der Waals surface area contributed by atoms with E-state index in [9.17, 15) is 8.42 Å². The maximum absolute atomic E-state index is 13.1. The van der Waals surface area contributed by atoms with E-state index in [2.05, 4.69) is 15.2 Å². The van der Waals surface area contributed by atoms with Gasteiger partial charge in [-0.25, -0.2) is 8.42 Å². The lowest BCUT2D eigenvalue weighted by Gasteiger charge is -2.21. The zero-order valence-corrected chi connectivity index (χ0v) is 18.6. The lowest BCUT2D eigenvalue weighted by molar-refractivity contribution is 0.278. The fraction of sp³-hybridized carbons (Fsp3) is 0.444. The van der Waals surface area contributed by atoms with Crippen molar-refractivity contribution in [1.82, 2.24) is 24.1 Å². The molecule has 0 spiro atoms. The van der Waals surface area contributed by atoms with Gasteiger partial charge in [0.1, 0.15) is 21.3 Å². The van der Waals surface area contributed by atoms with E-state index in [1.807, 2.05) is 14.0 Å². The molecule has 1 aliphatic heterocycles. The van der Waals surface area contributed by atoms with Crippen LogP contribution in [0.3, 0.4) is 0 Å². The summed E-state index contributed by atoms with van der Waals surface area (Å²) >= 11 is 7.57. The maximum atomic E-state index is 13.1. The summed E-state index contributed by atoms with van der Waals surface area (Å²) in [6.07, 6.45) is 2.24. The van der Waals surface area contributed by atoms with Crippen molar-refractivity contribution >= 4 is 33.0 Å². The van der Waals surface area contributed by atoms with Crippen LogP contribution in [0.2, 0.25) is 5.15 Å². The molecule has 1 aliphatic rings. The summed E-state index contributed by atoms with van der Waals surface area (Å²) in [7, 11) is -1.72. The molecule has 0 unspecified atom stereocenters. The fourth-order valence-corrected chi connectivity index (χ4v) is 6.61. The number of thiophene rings is 1. The standard InChI is InChI=1S/C18H22ClN5O3S2/c1-13-14(18(19)22(2)20-13)12-23-7-3-8-24(10-9-23)29(25,26)17-5-4-16(28-17)15-6-11-27-21-15/h4-6,11H,3,7-10,12H2,1-2H3. The summed E-state index contributed by atoms with van der Waals surface area (Å²) in [6.45, 7) is 5.00. The lowest BCUT2D eigenvalue weighted by Crippen LogP contribution is -2.34. The van der Waals surface area contributed by atoms with E-state index < -0.39 is 10.0 Å². The van der Waals surface area contributed by atoms with E-state index in [-0.39, 0.29) is 0 Å². The first-order valence-electron chi connectivity index (χ1n) is 9.27. The molecular weight excluding hydrogens is 434 g/mol. The topological polar surface area (TPSA) is 84.5 Å². The Morgan fingerprint density at radius 2 is 2.03 bits per heavy atom. The van der Waals surface area contributed by atoms with Gasteiger partial charge in [-0.2, -0.15) is 9.40 Å². The summed E-state index contributed by atoms with van der Waals surface area (Å²) in [5, 5.41) is 8.87. The molecular formula is C18H22ClN5O3S2. The highest BCUT2D eigenvalue weighted by Gasteiger charge is 2.29. The van der Waals surface area contributed by atoms with Crippen molar-refractivity contribution in [3.8, 4) is 10.6 Å². The van der Waals surface area contributed by atoms with Gasteiger partial charge < -0.3 is 4.52 Å². The lowest BCUT2D eigenvalue weighted by atomic mass is 10.2. The van der Waals surface area contributed by atoms with E-state index in [0.29, 0.717) is 41.2 Å². The van der Waals surface area contributed by atoms with Crippen molar-refractivity contribution in [2.24, 2.45) is 7.05 Å². The van der Waals surface area contributed by atoms with Crippen molar-refractivity contribution in [2.75, 3.05) is 26.2 Å². The van der Waals surface area contributed by atoms with E-state index in [1.54, 1.807) is 27.2 Å². The van der Waals surface area contributed by atoms with E-state index >= 15 is 0 Å². The molecule has 0 aliphatic carbocycles. The fourth-order valence-electron chi connectivity index (χ4n) is 3.49. The normalized spacial score (nSPS) is 16.9. The van der Waals surface area contributed by atoms with Gasteiger partial charge in [0.05, 0.1) is 10.6 Å². The van der Waals surface area contributed by atoms with Gasteiger partial charge in [-0.3, -0.25) is 9.58 Å². The molecule has 3 aromatic rings. The van der Waals surface area contributed by atoms with Crippen LogP contribution in [-0.4, -0.2) is 58.7 Å². The van der Waals surface area contributed by atoms with Crippen LogP contribution in [0.5, 0.6) is 0 Å². The quantitative estimate of drug-likeness (QED) is 0.588. The number of rotatable bonds is 5. The molecule has 1 saturated heterocycles. The summed E-state index contributed by atoms with van der Waals surface area (Å²) in [6, 6.07) is 5.13. The second kappa shape index (κ2) is 8.19. The predicted molar refractivity (Wildman–Crippen MR) is 111 cm³/mol. The third-order valence-corrected chi connectivity index (χ3v) is 9.01. The smallest absolute Gasteiger partial charge is 0.252 e. The van der Waals surface area contributed by atoms with Crippen molar-refractivity contribution in [3.05, 3.63) is 40.9 Å². The van der Waals surface area contributed by atoms with Crippen LogP contribution in [0.4, 0.5) is 0 Å². The second-order valence-electron chi connectivity index (χ2n) is 7.02. The first-order valence-corrected chi connectivity index (χ1v) is 11.9. The Labute approximate surface area is 178 Å². The Kier molecular flexibility index (Phi) is 5.80. The van der Waals surface area contributed by atoms with Gasteiger partial charge in [-0.05, 0) is 32.0 Å². The van der Waals surface area contributed by atoms with Crippen LogP contribution in [0, 0.1) is 6.92 Å². The predicted octanol–water partition coefficient (Wildman–Crippen LogP) is 3.00. The Hall–Kier alpha value is -1.72. The molecule has 0 amide bonds. The van der Waals surface area contributed by atoms with Crippen molar-refractivity contribution in [2.45, 2.75) is 24.1 Å². The average Bonchev–Trinajstić information content (AvgIpc) is 3.38. The Morgan fingerprint density at radius 3 is 2.72 bits per heavy atom. The Bertz CT molecular complexity index is 1090. The Balaban J connectivity index is 1.46. The monoisotopic (exact) mass is 455 g/mol. The largest absolute Gasteiger partial charge is 0.364 e. The van der Waals surface area contributed by atoms with Gasteiger partial charge in [0.2, 0.25) is 0 Å². The third kappa shape index (κ3) is 4.13. The van der Waals surface area contributed by atoms with Crippen molar-refractivity contribution < 1.29 is 12.9 Å². The minimum Gasteiger partial charge on any atom is -0.364 e. The highest BCUT2D eigenvalue weighted by molar-refractivity contribution is 7.91. The molecule has 29 heavy (non-hydrogen) atoms. The highest BCUT2D eigenvalue weighted by atomic mass is 35.5. The molecule has 3 aromatic heterocycles. The van der Waals surface area contributed by atoms with Crippen LogP contribution >= 0.6 is 22.9 Å². The summed E-state index contributed by atoms with van der Waals surface area (Å²) < 4.78 is 34.7. The van der Waals surface area contributed by atoms with Crippen LogP contribution in [0.25, 0.3) is 10.6 Å². The molecule has 11 heteroatoms. The minimum atomic E-state index is -3.54. The van der Waals surface area contributed by atoms with Gasteiger partial charge in [0, 0.05) is 44.9 Å². The maximum Gasteiger partial charge on any atom is 0.252 e. The van der Waals surface area contributed by atoms with Gasteiger partial charge in [-0.15, -0.1) is 11.3 Å². The van der Waals surface area contributed by atoms with Crippen molar-refractivity contribution in [3.63, 3.8) is 0 Å². The van der Waals surface area contributed by atoms with Crippen molar-refractivity contribution in [1.29, 1.82) is 0 Å². The molecule has 4 heterocycles. The summed E-state index contributed by atoms with van der Waals surface area (Å²) in [5.74, 6) is 0. The van der Waals surface area contributed by atoms with Crippen LogP contribution in [0.15, 0.2) is 33.2 Å². The number of sulfonamides is 1. The number of aryl methyl sites for hydroxylation is 2. The molecule has 0 saturated carbocycles. The third-order valence-electron chi connectivity index (χ3n) is 5.06. The minimum absolute atomic E-state index is 0.329. The summed E-state index contributed by atoms with van der Waals surface area (Å²) in [4.78, 5) is 3.01. The number of aromatic nitrogens is 3. The SMILES string of the molecule is Cc1nn(C)c(Cl)c1CN1CCCN(S(=O)(=O)c2ccc(-c3ccon3)s2)CC1. The highest BCUT2D eigenvalue weighted by Crippen LogP contribution is 2.32. The number of hydrogen-bond donors (Lipinski definition) is 0. The van der Waals surface area contributed by atoms with E-state index in [4.69, 9.17) is 16.1 Å². The Morgan fingerprint density at radius 1 is 1.21 bits per heavy atom. The first kappa shape index (κ1) is 20.5. The van der Waals surface area contributed by atoms with Gasteiger partial charge in [0.25, 0.3) is 10.0 Å². The van der Waals surface area contributed by atoms with Gasteiger partial charge in [0.15, 0.2) is 0 Å². The van der Waals surface area contributed by atoms with Gasteiger partial charge >= 0.3 is 0 Å². The number of nitrogens with zero attached hydrogens (tertiary/aromatic N) is 5. The molecule has 1 fully saturated rings. The molecule has 0 bridgehead atoms. The molecule has 4 rings (SSSR count). The van der Waals surface area contributed by atoms with Gasteiger partial charge in [-0.1, -0.05) is 16.8 Å². The second-order valence-corrected chi connectivity index (χ2v) is 10.6. The summed E-state index contributed by atoms with van der Waals surface area (Å²) in [5.41, 5.74) is 2.55. The van der Waals surface area contributed by atoms with Crippen LogP contribution < -0.4 is 0 Å².